The molecule has 0 spiro atoms. The Morgan fingerprint density at radius 2 is 1.66 bits per heavy atom. The smallest absolute Gasteiger partial charge is 0.258 e. The molecule has 1 aliphatic heterocycles. The quantitative estimate of drug-likeness (QED) is 0.659. The minimum Gasteiger partial charge on any atom is -0.494 e. The number of hydrogen-bond donors (Lipinski definition) is 2. The molecule has 1 saturated heterocycles. The van der Waals surface area contributed by atoms with Crippen molar-refractivity contribution in [2.75, 3.05) is 31.6 Å². The summed E-state index contributed by atoms with van der Waals surface area (Å²) >= 11 is 0. The van der Waals surface area contributed by atoms with E-state index in [0.717, 1.165) is 5.75 Å². The fourth-order valence-electron chi connectivity index (χ4n) is 3.56. The molecule has 2 aromatic carbocycles. The third-order valence-corrected chi connectivity index (χ3v) is 5.08. The monoisotopic (exact) mass is 439 g/mol. The van der Waals surface area contributed by atoms with Crippen LogP contribution in [0.3, 0.4) is 0 Å². The molecule has 0 unspecified atom stereocenters. The number of piperidine rings is 1. The van der Waals surface area contributed by atoms with E-state index >= 15 is 0 Å². The van der Waals surface area contributed by atoms with Gasteiger partial charge in [-0.1, -0.05) is 6.07 Å². The Labute approximate surface area is 187 Å². The first kappa shape index (κ1) is 23.1. The molecule has 1 fully saturated rings. The molecule has 32 heavy (non-hydrogen) atoms. The van der Waals surface area contributed by atoms with E-state index in [1.54, 1.807) is 53.4 Å². The first-order chi connectivity index (χ1) is 15.4. The zero-order chi connectivity index (χ0) is 22.9. The molecule has 8 nitrogen and oxygen atoms in total. The van der Waals surface area contributed by atoms with Crippen LogP contribution in [0.5, 0.6) is 11.5 Å². The predicted octanol–water partition coefficient (Wildman–Crippen LogP) is 2.84. The predicted molar refractivity (Wildman–Crippen MR) is 121 cm³/mol. The molecule has 1 aliphatic rings. The molecule has 0 radical (unpaired) electrons. The van der Waals surface area contributed by atoms with Crippen molar-refractivity contribution < 1.29 is 23.9 Å². The van der Waals surface area contributed by atoms with Crippen LogP contribution in [0.4, 0.5) is 5.69 Å². The Morgan fingerprint density at radius 1 is 1.00 bits per heavy atom. The fraction of sp³-hybridized carbons (Fsp3) is 0.375. The normalized spacial score (nSPS) is 13.9. The number of likely N-dealkylation sites (tertiary alicyclic amines) is 1. The van der Waals surface area contributed by atoms with Gasteiger partial charge in [0.05, 0.1) is 6.61 Å². The van der Waals surface area contributed by atoms with Crippen molar-refractivity contribution in [3.05, 3.63) is 54.1 Å². The molecule has 8 heteroatoms. The van der Waals surface area contributed by atoms with Gasteiger partial charge in [0, 0.05) is 37.3 Å². The van der Waals surface area contributed by atoms with Gasteiger partial charge in [0.15, 0.2) is 6.61 Å². The van der Waals surface area contributed by atoms with Crippen molar-refractivity contribution >= 4 is 23.4 Å². The second kappa shape index (κ2) is 11.2. The number of amides is 3. The van der Waals surface area contributed by atoms with Gasteiger partial charge in [0.1, 0.15) is 11.5 Å². The Hall–Kier alpha value is -3.55. The van der Waals surface area contributed by atoms with Gasteiger partial charge in [0.25, 0.3) is 11.8 Å². The SMILES string of the molecule is CCOc1ccc(OCC(=O)NC2CCN(C(=O)c3cccc(NC(C)=O)c3)CC2)cc1. The molecule has 2 aromatic rings. The molecule has 0 aromatic heterocycles. The number of nitrogens with one attached hydrogen (secondary N) is 2. The fourth-order valence-corrected chi connectivity index (χ4v) is 3.56. The van der Waals surface area contributed by atoms with Gasteiger partial charge in [-0.25, -0.2) is 0 Å². The highest BCUT2D eigenvalue weighted by Crippen LogP contribution is 2.18. The maximum absolute atomic E-state index is 12.8. The summed E-state index contributed by atoms with van der Waals surface area (Å²) in [6.45, 7) is 4.97. The van der Waals surface area contributed by atoms with Crippen LogP contribution in [0.2, 0.25) is 0 Å². The van der Waals surface area contributed by atoms with E-state index < -0.39 is 0 Å². The van der Waals surface area contributed by atoms with Crippen LogP contribution in [0, 0.1) is 0 Å². The average Bonchev–Trinajstić information content (AvgIpc) is 2.79. The summed E-state index contributed by atoms with van der Waals surface area (Å²) in [5.74, 6) is 0.906. The summed E-state index contributed by atoms with van der Waals surface area (Å²) < 4.78 is 10.9. The molecular weight excluding hydrogens is 410 g/mol. The molecule has 1 heterocycles. The zero-order valence-electron chi connectivity index (χ0n) is 18.4. The van der Waals surface area contributed by atoms with Crippen molar-refractivity contribution in [2.24, 2.45) is 0 Å². The Balaban J connectivity index is 1.42. The lowest BCUT2D eigenvalue weighted by molar-refractivity contribution is -0.124. The van der Waals surface area contributed by atoms with Crippen LogP contribution in [-0.2, 0) is 9.59 Å². The highest BCUT2D eigenvalue weighted by atomic mass is 16.5. The number of carbonyl (C=O) groups is 3. The van der Waals surface area contributed by atoms with E-state index in [4.69, 9.17) is 9.47 Å². The summed E-state index contributed by atoms with van der Waals surface area (Å²) in [4.78, 5) is 38.0. The number of anilines is 1. The molecule has 0 aliphatic carbocycles. The molecule has 170 valence electrons. The number of hydrogen-bond acceptors (Lipinski definition) is 5. The molecule has 0 saturated carbocycles. The van der Waals surface area contributed by atoms with Crippen LogP contribution < -0.4 is 20.1 Å². The summed E-state index contributed by atoms with van der Waals surface area (Å²) in [7, 11) is 0. The highest BCUT2D eigenvalue weighted by molar-refractivity contribution is 5.96. The topological polar surface area (TPSA) is 97.0 Å². The van der Waals surface area contributed by atoms with Gasteiger partial charge in [-0.2, -0.15) is 0 Å². The van der Waals surface area contributed by atoms with Crippen LogP contribution in [-0.4, -0.2) is 55.0 Å². The molecule has 0 bridgehead atoms. The molecule has 3 rings (SSSR count). The number of carbonyl (C=O) groups excluding carboxylic acids is 3. The van der Waals surface area contributed by atoms with E-state index in [9.17, 15) is 14.4 Å². The minimum atomic E-state index is -0.188. The van der Waals surface area contributed by atoms with Crippen molar-refractivity contribution in [1.29, 1.82) is 0 Å². The average molecular weight is 440 g/mol. The lowest BCUT2D eigenvalue weighted by Crippen LogP contribution is -2.47. The lowest BCUT2D eigenvalue weighted by Gasteiger charge is -2.32. The Kier molecular flexibility index (Phi) is 8.08. The molecule has 0 atom stereocenters. The van der Waals surface area contributed by atoms with Crippen molar-refractivity contribution in [2.45, 2.75) is 32.7 Å². The molecular formula is C24H29N3O5. The van der Waals surface area contributed by atoms with Gasteiger partial charge in [-0.05, 0) is 62.2 Å². The minimum absolute atomic E-state index is 0.00111. The van der Waals surface area contributed by atoms with E-state index in [1.165, 1.54) is 6.92 Å². The van der Waals surface area contributed by atoms with Crippen molar-refractivity contribution in [1.82, 2.24) is 10.2 Å². The Bertz CT molecular complexity index is 937. The van der Waals surface area contributed by atoms with Crippen LogP contribution in [0.25, 0.3) is 0 Å². The van der Waals surface area contributed by atoms with Crippen LogP contribution >= 0.6 is 0 Å². The van der Waals surface area contributed by atoms with Gasteiger partial charge in [-0.3, -0.25) is 14.4 Å². The largest absolute Gasteiger partial charge is 0.494 e. The van der Waals surface area contributed by atoms with E-state index in [-0.39, 0.29) is 30.4 Å². The van der Waals surface area contributed by atoms with Gasteiger partial charge in [-0.15, -0.1) is 0 Å². The van der Waals surface area contributed by atoms with Crippen LogP contribution in [0.15, 0.2) is 48.5 Å². The van der Waals surface area contributed by atoms with Crippen molar-refractivity contribution in [3.63, 3.8) is 0 Å². The summed E-state index contributed by atoms with van der Waals surface area (Å²) in [6.07, 6.45) is 1.35. The number of nitrogens with zero attached hydrogens (tertiary/aromatic N) is 1. The van der Waals surface area contributed by atoms with Gasteiger partial charge >= 0.3 is 0 Å². The number of rotatable bonds is 8. The maximum Gasteiger partial charge on any atom is 0.258 e. The zero-order valence-corrected chi connectivity index (χ0v) is 18.4. The Morgan fingerprint density at radius 3 is 2.28 bits per heavy atom. The third-order valence-electron chi connectivity index (χ3n) is 5.08. The summed E-state index contributed by atoms with van der Waals surface area (Å²) in [5.41, 5.74) is 1.13. The summed E-state index contributed by atoms with van der Waals surface area (Å²) in [5, 5.41) is 5.67. The van der Waals surface area contributed by atoms with E-state index in [0.29, 0.717) is 49.5 Å². The lowest BCUT2D eigenvalue weighted by atomic mass is 10.0. The first-order valence-corrected chi connectivity index (χ1v) is 10.8. The standard InChI is InChI=1S/C24H29N3O5/c1-3-31-21-7-9-22(10-8-21)32-16-23(29)26-19-11-13-27(14-12-19)24(30)18-5-4-6-20(15-18)25-17(2)28/h4-10,15,19H,3,11-14,16H2,1-2H3,(H,25,28)(H,26,29). The highest BCUT2D eigenvalue weighted by Gasteiger charge is 2.25. The molecule has 3 amide bonds. The number of ether oxygens (including phenoxy) is 2. The molecule has 2 N–H and O–H groups in total. The first-order valence-electron chi connectivity index (χ1n) is 10.8. The maximum atomic E-state index is 12.8. The third kappa shape index (κ3) is 6.73. The van der Waals surface area contributed by atoms with Crippen molar-refractivity contribution in [3.8, 4) is 11.5 Å². The van der Waals surface area contributed by atoms with Crippen LogP contribution in [0.1, 0.15) is 37.0 Å². The second-order valence-electron chi connectivity index (χ2n) is 7.59. The second-order valence-corrected chi connectivity index (χ2v) is 7.59. The van der Waals surface area contributed by atoms with Gasteiger partial charge in [0.2, 0.25) is 5.91 Å². The summed E-state index contributed by atoms with van der Waals surface area (Å²) in [6, 6.07) is 14.0. The van der Waals surface area contributed by atoms with Gasteiger partial charge < -0.3 is 25.0 Å². The number of benzene rings is 2. The van der Waals surface area contributed by atoms with E-state index in [2.05, 4.69) is 10.6 Å². The van der Waals surface area contributed by atoms with E-state index in [1.807, 2.05) is 6.92 Å².